The summed E-state index contributed by atoms with van der Waals surface area (Å²) in [5.41, 5.74) is 4.79. The maximum Gasteiger partial charge on any atom is 0.218 e. The third-order valence-electron chi connectivity index (χ3n) is 1.22. The van der Waals surface area contributed by atoms with Gasteiger partial charge < -0.3 is 5.73 Å². The standard InChI is InChI=1S/C5H11NO3S/c1-4(3-5(6)7)10(2,8)9/h4H,3H2,1-2H3,(H2,6,7)/t4-/m0/s1. The van der Waals surface area contributed by atoms with Crippen LogP contribution in [-0.2, 0) is 14.6 Å². The molecule has 1 amide bonds. The lowest BCUT2D eigenvalue weighted by atomic mass is 10.3. The van der Waals surface area contributed by atoms with Crippen LogP contribution in [0.4, 0.5) is 0 Å². The molecule has 0 aromatic carbocycles. The van der Waals surface area contributed by atoms with E-state index >= 15 is 0 Å². The SMILES string of the molecule is C[C@@H](CC(N)=O)S(C)(=O)=O. The molecule has 0 aliphatic heterocycles. The van der Waals surface area contributed by atoms with Crippen LogP contribution in [0.15, 0.2) is 0 Å². The van der Waals surface area contributed by atoms with Gasteiger partial charge in [-0.1, -0.05) is 0 Å². The first-order valence-corrected chi connectivity index (χ1v) is 4.76. The second-order valence-electron chi connectivity index (χ2n) is 2.31. The summed E-state index contributed by atoms with van der Waals surface area (Å²) in [5, 5.41) is -0.662. The first-order valence-electron chi connectivity index (χ1n) is 2.81. The minimum Gasteiger partial charge on any atom is -0.370 e. The molecule has 0 aromatic heterocycles. The van der Waals surface area contributed by atoms with Crippen LogP contribution >= 0.6 is 0 Å². The summed E-state index contributed by atoms with van der Waals surface area (Å²) < 4.78 is 21.3. The largest absolute Gasteiger partial charge is 0.370 e. The van der Waals surface area contributed by atoms with E-state index in [-0.39, 0.29) is 6.42 Å². The Hall–Kier alpha value is -0.580. The van der Waals surface area contributed by atoms with Gasteiger partial charge in [0.15, 0.2) is 9.84 Å². The molecule has 0 aliphatic rings. The molecule has 5 heteroatoms. The molecule has 0 rings (SSSR count). The van der Waals surface area contributed by atoms with Gasteiger partial charge in [-0.15, -0.1) is 0 Å². The number of primary amides is 1. The van der Waals surface area contributed by atoms with Crippen molar-refractivity contribution in [2.45, 2.75) is 18.6 Å². The third-order valence-corrected chi connectivity index (χ3v) is 2.85. The number of rotatable bonds is 3. The highest BCUT2D eigenvalue weighted by Gasteiger charge is 2.16. The first kappa shape index (κ1) is 9.42. The summed E-state index contributed by atoms with van der Waals surface area (Å²) in [4.78, 5) is 10.2. The van der Waals surface area contributed by atoms with Crippen molar-refractivity contribution in [3.63, 3.8) is 0 Å². The van der Waals surface area contributed by atoms with Crippen LogP contribution in [0, 0.1) is 0 Å². The van der Waals surface area contributed by atoms with E-state index in [9.17, 15) is 13.2 Å². The Labute approximate surface area is 60.3 Å². The lowest BCUT2D eigenvalue weighted by Gasteiger charge is -2.04. The highest BCUT2D eigenvalue weighted by Crippen LogP contribution is 2.01. The second kappa shape index (κ2) is 3.01. The van der Waals surface area contributed by atoms with Gasteiger partial charge >= 0.3 is 0 Å². The van der Waals surface area contributed by atoms with Gasteiger partial charge in [-0.25, -0.2) is 8.42 Å². The van der Waals surface area contributed by atoms with Crippen LogP contribution in [0.5, 0.6) is 0 Å². The van der Waals surface area contributed by atoms with E-state index in [2.05, 4.69) is 0 Å². The van der Waals surface area contributed by atoms with Gasteiger partial charge in [-0.05, 0) is 6.92 Å². The zero-order valence-electron chi connectivity index (χ0n) is 5.99. The summed E-state index contributed by atoms with van der Waals surface area (Å²) in [7, 11) is -3.10. The lowest BCUT2D eigenvalue weighted by Crippen LogP contribution is -2.24. The Bertz CT molecular complexity index is 219. The van der Waals surface area contributed by atoms with Crippen molar-refractivity contribution in [3.8, 4) is 0 Å². The molecule has 60 valence electrons. The molecule has 0 aliphatic carbocycles. The van der Waals surface area contributed by atoms with E-state index in [0.717, 1.165) is 6.26 Å². The van der Waals surface area contributed by atoms with E-state index in [1.807, 2.05) is 0 Å². The maximum atomic E-state index is 10.7. The van der Waals surface area contributed by atoms with Crippen molar-refractivity contribution >= 4 is 15.7 Å². The van der Waals surface area contributed by atoms with E-state index in [0.29, 0.717) is 0 Å². The minimum atomic E-state index is -3.10. The number of sulfone groups is 1. The fraction of sp³-hybridized carbons (Fsp3) is 0.800. The molecule has 4 nitrogen and oxygen atoms in total. The van der Waals surface area contributed by atoms with Crippen molar-refractivity contribution in [1.82, 2.24) is 0 Å². The zero-order valence-corrected chi connectivity index (χ0v) is 6.81. The van der Waals surface area contributed by atoms with Crippen LogP contribution in [0.2, 0.25) is 0 Å². The van der Waals surface area contributed by atoms with E-state index in [1.165, 1.54) is 6.92 Å². The smallest absolute Gasteiger partial charge is 0.218 e. The third kappa shape index (κ3) is 3.45. The molecule has 0 unspecified atom stereocenters. The molecular formula is C5H11NO3S. The molecule has 0 aromatic rings. The second-order valence-corrected chi connectivity index (χ2v) is 4.77. The zero-order chi connectivity index (χ0) is 8.36. The van der Waals surface area contributed by atoms with Crippen molar-refractivity contribution < 1.29 is 13.2 Å². The number of nitrogens with two attached hydrogens (primary N) is 1. The predicted molar refractivity (Wildman–Crippen MR) is 38.1 cm³/mol. The van der Waals surface area contributed by atoms with Crippen LogP contribution in [0.3, 0.4) is 0 Å². The van der Waals surface area contributed by atoms with Crippen molar-refractivity contribution in [2.75, 3.05) is 6.26 Å². The highest BCUT2D eigenvalue weighted by atomic mass is 32.2. The normalized spacial score (nSPS) is 14.6. The number of hydrogen-bond donors (Lipinski definition) is 1. The molecule has 10 heavy (non-hydrogen) atoms. The minimum absolute atomic E-state index is 0.0984. The average Bonchev–Trinajstić information content (AvgIpc) is 1.60. The van der Waals surface area contributed by atoms with Gasteiger partial charge in [-0.3, -0.25) is 4.79 Å². The maximum absolute atomic E-state index is 10.7. The Morgan fingerprint density at radius 2 is 2.00 bits per heavy atom. The molecular weight excluding hydrogens is 154 g/mol. The van der Waals surface area contributed by atoms with Crippen molar-refractivity contribution in [2.24, 2.45) is 5.73 Å². The van der Waals surface area contributed by atoms with Gasteiger partial charge in [0.05, 0.1) is 5.25 Å². The van der Waals surface area contributed by atoms with Crippen molar-refractivity contribution in [3.05, 3.63) is 0 Å². The van der Waals surface area contributed by atoms with E-state index < -0.39 is 21.0 Å². The molecule has 0 spiro atoms. The molecule has 0 saturated heterocycles. The molecule has 0 heterocycles. The summed E-state index contributed by atoms with van der Waals surface area (Å²) in [6.45, 7) is 1.46. The average molecular weight is 165 g/mol. The quantitative estimate of drug-likeness (QED) is 0.600. The van der Waals surface area contributed by atoms with Crippen LogP contribution < -0.4 is 5.73 Å². The van der Waals surface area contributed by atoms with Gasteiger partial charge in [0.1, 0.15) is 0 Å². The topological polar surface area (TPSA) is 77.2 Å². The monoisotopic (exact) mass is 165 g/mol. The summed E-state index contributed by atoms with van der Waals surface area (Å²) in [6, 6.07) is 0. The Kier molecular flexibility index (Phi) is 2.83. The Morgan fingerprint density at radius 1 is 1.60 bits per heavy atom. The molecule has 0 fully saturated rings. The van der Waals surface area contributed by atoms with Crippen LogP contribution in [0.1, 0.15) is 13.3 Å². The van der Waals surface area contributed by atoms with Gasteiger partial charge in [0, 0.05) is 12.7 Å². The molecule has 2 N–H and O–H groups in total. The Balaban J connectivity index is 4.12. The fourth-order valence-corrected chi connectivity index (χ4v) is 0.902. The van der Waals surface area contributed by atoms with E-state index in [1.54, 1.807) is 0 Å². The number of amides is 1. The molecule has 0 radical (unpaired) electrons. The Morgan fingerprint density at radius 3 is 2.10 bits per heavy atom. The van der Waals surface area contributed by atoms with Gasteiger partial charge in [0.2, 0.25) is 5.91 Å². The first-order chi connectivity index (χ1) is 4.34. The number of carbonyl (C=O) groups is 1. The fourth-order valence-electron chi connectivity index (χ4n) is 0.435. The van der Waals surface area contributed by atoms with Gasteiger partial charge in [-0.2, -0.15) is 0 Å². The van der Waals surface area contributed by atoms with E-state index in [4.69, 9.17) is 5.73 Å². The number of carbonyl (C=O) groups excluding carboxylic acids is 1. The lowest BCUT2D eigenvalue weighted by molar-refractivity contribution is -0.117. The molecule has 0 bridgehead atoms. The van der Waals surface area contributed by atoms with Crippen LogP contribution in [-0.4, -0.2) is 25.8 Å². The van der Waals surface area contributed by atoms with Crippen molar-refractivity contribution in [1.29, 1.82) is 0 Å². The highest BCUT2D eigenvalue weighted by molar-refractivity contribution is 7.91. The summed E-state index contributed by atoms with van der Waals surface area (Å²) in [6.07, 6.45) is 0.986. The molecule has 0 saturated carbocycles. The number of hydrogen-bond acceptors (Lipinski definition) is 3. The van der Waals surface area contributed by atoms with Gasteiger partial charge in [0.25, 0.3) is 0 Å². The predicted octanol–water partition coefficient (Wildman–Crippen LogP) is -0.705. The van der Waals surface area contributed by atoms with Crippen LogP contribution in [0.25, 0.3) is 0 Å². The summed E-state index contributed by atoms with van der Waals surface area (Å²) >= 11 is 0. The summed E-state index contributed by atoms with van der Waals surface area (Å²) in [5.74, 6) is -0.585. The molecule has 1 atom stereocenters.